The van der Waals surface area contributed by atoms with Crippen molar-refractivity contribution in [2.75, 3.05) is 18.9 Å². The SMILES string of the molecule is CN(CC(=O)Nc1ccc(Cl)cn1)S(=O)(=O)c1cccnc1. The summed E-state index contributed by atoms with van der Waals surface area (Å²) in [4.78, 5) is 19.6. The first-order valence-corrected chi connectivity index (χ1v) is 7.99. The number of anilines is 1. The fourth-order valence-corrected chi connectivity index (χ4v) is 2.80. The number of carbonyl (C=O) groups is 1. The number of carbonyl (C=O) groups excluding carboxylic acids is 1. The summed E-state index contributed by atoms with van der Waals surface area (Å²) in [5, 5.41) is 2.93. The molecule has 0 aromatic carbocycles. The molecule has 0 fully saturated rings. The van der Waals surface area contributed by atoms with Crippen LogP contribution in [0.4, 0.5) is 5.82 Å². The van der Waals surface area contributed by atoms with E-state index in [1.165, 1.54) is 43.8 Å². The Morgan fingerprint density at radius 1 is 1.32 bits per heavy atom. The molecule has 1 N–H and O–H groups in total. The Hall–Kier alpha value is -2.03. The number of aromatic nitrogens is 2. The first kappa shape index (κ1) is 16.3. The molecule has 9 heteroatoms. The minimum Gasteiger partial charge on any atom is -0.310 e. The number of rotatable bonds is 5. The van der Waals surface area contributed by atoms with Gasteiger partial charge in [0, 0.05) is 25.6 Å². The van der Waals surface area contributed by atoms with Gasteiger partial charge >= 0.3 is 0 Å². The summed E-state index contributed by atoms with van der Waals surface area (Å²) < 4.78 is 25.4. The molecule has 0 aliphatic heterocycles. The molecule has 0 radical (unpaired) electrons. The molecule has 0 aliphatic carbocycles. The number of amides is 1. The lowest BCUT2D eigenvalue weighted by molar-refractivity contribution is -0.116. The van der Waals surface area contributed by atoms with Crippen LogP contribution in [0.5, 0.6) is 0 Å². The van der Waals surface area contributed by atoms with E-state index < -0.39 is 15.9 Å². The smallest absolute Gasteiger partial charge is 0.244 e. The van der Waals surface area contributed by atoms with Gasteiger partial charge in [-0.15, -0.1) is 0 Å². The number of sulfonamides is 1. The Labute approximate surface area is 133 Å². The maximum atomic E-state index is 12.2. The van der Waals surface area contributed by atoms with E-state index in [4.69, 9.17) is 11.6 Å². The first-order chi connectivity index (χ1) is 10.4. The summed E-state index contributed by atoms with van der Waals surface area (Å²) in [5.41, 5.74) is 0. The summed E-state index contributed by atoms with van der Waals surface area (Å²) in [6.45, 7) is -0.346. The maximum Gasteiger partial charge on any atom is 0.244 e. The van der Waals surface area contributed by atoms with Gasteiger partial charge in [-0.25, -0.2) is 13.4 Å². The van der Waals surface area contributed by atoms with Crippen molar-refractivity contribution < 1.29 is 13.2 Å². The molecular formula is C13H13ClN4O3S. The van der Waals surface area contributed by atoms with Crippen LogP contribution < -0.4 is 5.32 Å². The van der Waals surface area contributed by atoms with Crippen molar-refractivity contribution in [3.05, 3.63) is 47.9 Å². The van der Waals surface area contributed by atoms with Crippen molar-refractivity contribution in [3.8, 4) is 0 Å². The van der Waals surface area contributed by atoms with Gasteiger partial charge in [0.05, 0.1) is 11.6 Å². The van der Waals surface area contributed by atoms with Crippen molar-refractivity contribution in [1.82, 2.24) is 14.3 Å². The Kier molecular flexibility index (Phi) is 5.07. The molecule has 0 aliphatic rings. The van der Waals surface area contributed by atoms with Gasteiger partial charge in [-0.1, -0.05) is 11.6 Å². The molecule has 2 aromatic heterocycles. The lowest BCUT2D eigenvalue weighted by atomic mass is 10.4. The van der Waals surface area contributed by atoms with E-state index in [9.17, 15) is 13.2 Å². The molecule has 2 heterocycles. The minimum atomic E-state index is -3.76. The second-order valence-corrected chi connectivity index (χ2v) is 6.84. The van der Waals surface area contributed by atoms with Crippen LogP contribution in [0.15, 0.2) is 47.8 Å². The van der Waals surface area contributed by atoms with Crippen molar-refractivity contribution >= 4 is 33.3 Å². The van der Waals surface area contributed by atoms with Crippen molar-refractivity contribution in [3.63, 3.8) is 0 Å². The minimum absolute atomic E-state index is 0.0231. The van der Waals surface area contributed by atoms with Crippen LogP contribution in [0.1, 0.15) is 0 Å². The zero-order chi connectivity index (χ0) is 16.2. The van der Waals surface area contributed by atoms with E-state index in [-0.39, 0.29) is 11.4 Å². The summed E-state index contributed by atoms with van der Waals surface area (Å²) in [6, 6.07) is 6.02. The zero-order valence-corrected chi connectivity index (χ0v) is 13.2. The van der Waals surface area contributed by atoms with Gasteiger partial charge in [-0.05, 0) is 24.3 Å². The lowest BCUT2D eigenvalue weighted by Gasteiger charge is -2.16. The van der Waals surface area contributed by atoms with Crippen LogP contribution in [0.25, 0.3) is 0 Å². The second kappa shape index (κ2) is 6.82. The summed E-state index contributed by atoms with van der Waals surface area (Å²) in [7, 11) is -2.45. The molecule has 0 unspecified atom stereocenters. The normalized spacial score (nSPS) is 11.4. The van der Waals surface area contributed by atoms with Crippen molar-refractivity contribution in [2.45, 2.75) is 4.90 Å². The van der Waals surface area contributed by atoms with Gasteiger partial charge in [0.15, 0.2) is 0 Å². The van der Waals surface area contributed by atoms with Gasteiger partial charge < -0.3 is 5.32 Å². The maximum absolute atomic E-state index is 12.2. The third-order valence-electron chi connectivity index (χ3n) is 2.70. The van der Waals surface area contributed by atoms with E-state index in [0.717, 1.165) is 4.31 Å². The highest BCUT2D eigenvalue weighted by molar-refractivity contribution is 7.89. The molecule has 0 saturated heterocycles. The average molecular weight is 341 g/mol. The van der Waals surface area contributed by atoms with E-state index >= 15 is 0 Å². The molecule has 2 rings (SSSR count). The van der Waals surface area contributed by atoms with Crippen LogP contribution in [-0.4, -0.2) is 42.2 Å². The molecule has 116 valence electrons. The number of nitrogens with zero attached hydrogens (tertiary/aromatic N) is 3. The highest BCUT2D eigenvalue weighted by Gasteiger charge is 2.23. The topological polar surface area (TPSA) is 92.3 Å². The molecule has 1 amide bonds. The largest absolute Gasteiger partial charge is 0.310 e. The Balaban J connectivity index is 2.03. The molecule has 0 saturated carbocycles. The van der Waals surface area contributed by atoms with Gasteiger partial charge in [-0.3, -0.25) is 9.78 Å². The van der Waals surface area contributed by atoms with Gasteiger partial charge in [-0.2, -0.15) is 4.31 Å². The fourth-order valence-electron chi connectivity index (χ4n) is 1.60. The molecule has 0 atom stereocenters. The monoisotopic (exact) mass is 340 g/mol. The highest BCUT2D eigenvalue weighted by Crippen LogP contribution is 2.13. The highest BCUT2D eigenvalue weighted by atomic mass is 35.5. The van der Waals surface area contributed by atoms with E-state index in [0.29, 0.717) is 10.8 Å². The number of likely N-dealkylation sites (N-methyl/N-ethyl adjacent to an activating group) is 1. The number of nitrogens with one attached hydrogen (secondary N) is 1. The van der Waals surface area contributed by atoms with Gasteiger partial charge in [0.25, 0.3) is 0 Å². The molecule has 22 heavy (non-hydrogen) atoms. The summed E-state index contributed by atoms with van der Waals surface area (Å²) >= 11 is 5.69. The van der Waals surface area contributed by atoms with Crippen molar-refractivity contribution in [2.24, 2.45) is 0 Å². The number of halogens is 1. The lowest BCUT2D eigenvalue weighted by Crippen LogP contribution is -2.35. The van der Waals surface area contributed by atoms with E-state index in [2.05, 4.69) is 15.3 Å². The number of hydrogen-bond donors (Lipinski definition) is 1. The molecule has 0 bridgehead atoms. The quantitative estimate of drug-likeness (QED) is 0.888. The van der Waals surface area contributed by atoms with Crippen molar-refractivity contribution in [1.29, 1.82) is 0 Å². The second-order valence-electron chi connectivity index (χ2n) is 4.36. The van der Waals surface area contributed by atoms with E-state index in [1.807, 2.05) is 0 Å². The standard InChI is InChI=1S/C13H13ClN4O3S/c1-18(22(20,21)11-3-2-6-15-8-11)9-13(19)17-12-5-4-10(14)7-16-12/h2-8H,9H2,1H3,(H,16,17,19). The predicted molar refractivity (Wildman–Crippen MR) is 81.9 cm³/mol. The van der Waals surface area contributed by atoms with Crippen LogP contribution in [0, 0.1) is 0 Å². The van der Waals surface area contributed by atoms with Gasteiger partial charge in [0.1, 0.15) is 10.7 Å². The number of pyridine rings is 2. The summed E-state index contributed by atoms with van der Waals surface area (Å²) in [5.74, 6) is -0.216. The summed E-state index contributed by atoms with van der Waals surface area (Å²) in [6.07, 6.45) is 4.08. The van der Waals surface area contributed by atoms with Crippen LogP contribution >= 0.6 is 11.6 Å². The van der Waals surface area contributed by atoms with Crippen LogP contribution in [0.3, 0.4) is 0 Å². The van der Waals surface area contributed by atoms with Gasteiger partial charge in [0.2, 0.25) is 15.9 Å². The average Bonchev–Trinajstić information content (AvgIpc) is 2.50. The Bertz CT molecular complexity index is 751. The van der Waals surface area contributed by atoms with E-state index in [1.54, 1.807) is 6.07 Å². The Morgan fingerprint density at radius 2 is 2.09 bits per heavy atom. The first-order valence-electron chi connectivity index (χ1n) is 6.17. The number of hydrogen-bond acceptors (Lipinski definition) is 5. The molecule has 7 nitrogen and oxygen atoms in total. The Morgan fingerprint density at radius 3 is 2.68 bits per heavy atom. The van der Waals surface area contributed by atoms with Crippen LogP contribution in [0.2, 0.25) is 5.02 Å². The van der Waals surface area contributed by atoms with Crippen LogP contribution in [-0.2, 0) is 14.8 Å². The third-order valence-corrected chi connectivity index (χ3v) is 4.71. The molecule has 2 aromatic rings. The molecule has 0 spiro atoms. The third kappa shape index (κ3) is 4.00. The predicted octanol–water partition coefficient (Wildman–Crippen LogP) is 1.39. The molecular weight excluding hydrogens is 328 g/mol. The fraction of sp³-hybridized carbons (Fsp3) is 0.154. The zero-order valence-electron chi connectivity index (χ0n) is 11.6.